The summed E-state index contributed by atoms with van der Waals surface area (Å²) < 4.78 is 25.4. The molecule has 7 nitrogen and oxygen atoms in total. The largest absolute Gasteiger partial charge is 0.461 e. The fraction of sp³-hybridized carbons (Fsp3) is 0.143. The van der Waals surface area contributed by atoms with Crippen LogP contribution in [0.5, 0.6) is 0 Å². The first-order valence-electron chi connectivity index (χ1n) is 8.91. The zero-order chi connectivity index (χ0) is 20.4. The van der Waals surface area contributed by atoms with E-state index in [0.29, 0.717) is 34.2 Å². The van der Waals surface area contributed by atoms with Crippen molar-refractivity contribution in [1.82, 2.24) is 15.1 Å². The highest BCUT2D eigenvalue weighted by Crippen LogP contribution is 2.25. The van der Waals surface area contributed by atoms with E-state index in [-0.39, 0.29) is 12.4 Å². The molecule has 0 bridgehead atoms. The Morgan fingerprint density at radius 3 is 2.72 bits per heavy atom. The molecular weight excluding hydrogens is 377 g/mol. The van der Waals surface area contributed by atoms with E-state index in [2.05, 4.69) is 10.4 Å². The molecule has 0 aliphatic rings. The predicted molar refractivity (Wildman–Crippen MR) is 102 cm³/mol. The Kier molecular flexibility index (Phi) is 5.01. The van der Waals surface area contributed by atoms with Gasteiger partial charge in [-0.1, -0.05) is 0 Å². The molecule has 0 aliphatic carbocycles. The monoisotopic (exact) mass is 395 g/mol. The predicted octanol–water partition coefficient (Wildman–Crippen LogP) is 3.54. The molecule has 3 heterocycles. The molecule has 1 aromatic carbocycles. The van der Waals surface area contributed by atoms with Crippen LogP contribution in [-0.2, 0) is 7.05 Å². The van der Waals surface area contributed by atoms with Gasteiger partial charge in [-0.2, -0.15) is 5.10 Å². The molecule has 0 radical (unpaired) electrons. The van der Waals surface area contributed by atoms with Crippen LogP contribution < -0.4 is 5.32 Å². The molecule has 0 aliphatic heterocycles. The van der Waals surface area contributed by atoms with Gasteiger partial charge < -0.3 is 19.3 Å². The van der Waals surface area contributed by atoms with Gasteiger partial charge in [-0.15, -0.1) is 0 Å². The van der Waals surface area contributed by atoms with Gasteiger partial charge in [0.15, 0.2) is 11.5 Å². The molecule has 0 fully saturated rings. The van der Waals surface area contributed by atoms with Crippen molar-refractivity contribution >= 4 is 5.91 Å². The van der Waals surface area contributed by atoms with Crippen molar-refractivity contribution in [2.75, 3.05) is 6.54 Å². The summed E-state index contributed by atoms with van der Waals surface area (Å²) >= 11 is 0. The minimum absolute atomic E-state index is 0.0407. The quantitative estimate of drug-likeness (QED) is 0.521. The number of amides is 1. The van der Waals surface area contributed by atoms with Gasteiger partial charge in [0.2, 0.25) is 0 Å². The van der Waals surface area contributed by atoms with E-state index < -0.39 is 12.0 Å². The SMILES string of the molecule is Cn1nc(-c2ccc(F)cc2)cc1C(=O)NCC(O)c1ccc(-c2ccco2)o1. The topological polar surface area (TPSA) is 93.4 Å². The van der Waals surface area contributed by atoms with Gasteiger partial charge in [-0.05, 0) is 54.6 Å². The van der Waals surface area contributed by atoms with Crippen LogP contribution in [-0.4, -0.2) is 27.3 Å². The number of aliphatic hydroxyl groups is 1. The minimum Gasteiger partial charge on any atom is -0.461 e. The molecule has 4 aromatic rings. The second-order valence-electron chi connectivity index (χ2n) is 6.45. The molecule has 4 rings (SSSR count). The van der Waals surface area contributed by atoms with E-state index >= 15 is 0 Å². The number of rotatable bonds is 6. The van der Waals surface area contributed by atoms with Crippen LogP contribution >= 0.6 is 0 Å². The summed E-state index contributed by atoms with van der Waals surface area (Å²) in [5, 5.41) is 17.3. The maximum atomic E-state index is 13.1. The summed E-state index contributed by atoms with van der Waals surface area (Å²) in [4.78, 5) is 12.5. The third kappa shape index (κ3) is 3.97. The molecule has 3 aromatic heterocycles. The minimum atomic E-state index is -1.02. The average molecular weight is 395 g/mol. The zero-order valence-electron chi connectivity index (χ0n) is 15.5. The van der Waals surface area contributed by atoms with E-state index in [9.17, 15) is 14.3 Å². The van der Waals surface area contributed by atoms with Crippen LogP contribution in [0.4, 0.5) is 4.39 Å². The summed E-state index contributed by atoms with van der Waals surface area (Å²) in [5.74, 6) is 0.616. The number of aromatic nitrogens is 2. The second-order valence-corrected chi connectivity index (χ2v) is 6.45. The van der Waals surface area contributed by atoms with Gasteiger partial charge in [-0.25, -0.2) is 4.39 Å². The first-order valence-corrected chi connectivity index (χ1v) is 8.91. The van der Waals surface area contributed by atoms with Gasteiger partial charge in [0, 0.05) is 12.6 Å². The summed E-state index contributed by atoms with van der Waals surface area (Å²) in [6.07, 6.45) is 0.509. The van der Waals surface area contributed by atoms with Crippen LogP contribution in [0.25, 0.3) is 22.8 Å². The van der Waals surface area contributed by atoms with Gasteiger partial charge in [0.05, 0.1) is 18.5 Å². The average Bonchev–Trinajstić information content (AvgIpc) is 3.46. The van der Waals surface area contributed by atoms with Crippen molar-refractivity contribution in [3.8, 4) is 22.8 Å². The maximum absolute atomic E-state index is 13.1. The van der Waals surface area contributed by atoms with E-state index in [1.54, 1.807) is 49.5 Å². The molecular formula is C21H18FN3O4. The molecule has 29 heavy (non-hydrogen) atoms. The number of halogens is 1. The highest BCUT2D eigenvalue weighted by atomic mass is 19.1. The lowest BCUT2D eigenvalue weighted by molar-refractivity contribution is 0.0892. The third-order valence-electron chi connectivity index (χ3n) is 4.43. The van der Waals surface area contributed by atoms with Gasteiger partial charge >= 0.3 is 0 Å². The number of aliphatic hydroxyl groups excluding tert-OH is 1. The lowest BCUT2D eigenvalue weighted by Crippen LogP contribution is -2.29. The van der Waals surface area contributed by atoms with Crippen molar-refractivity contribution in [3.05, 3.63) is 78.1 Å². The van der Waals surface area contributed by atoms with Crippen LogP contribution in [0.15, 0.2) is 69.7 Å². The number of hydrogen-bond acceptors (Lipinski definition) is 5. The number of benzene rings is 1. The number of carbonyl (C=O) groups is 1. The first-order chi connectivity index (χ1) is 14.0. The highest BCUT2D eigenvalue weighted by Gasteiger charge is 2.18. The number of furan rings is 2. The summed E-state index contributed by atoms with van der Waals surface area (Å²) in [6.45, 7) is -0.0407. The van der Waals surface area contributed by atoms with Crippen molar-refractivity contribution in [1.29, 1.82) is 0 Å². The Hall–Kier alpha value is -3.65. The summed E-state index contributed by atoms with van der Waals surface area (Å²) in [7, 11) is 1.64. The van der Waals surface area contributed by atoms with Crippen LogP contribution in [0.2, 0.25) is 0 Å². The fourth-order valence-corrected chi connectivity index (χ4v) is 2.91. The van der Waals surface area contributed by atoms with Gasteiger partial charge in [0.25, 0.3) is 5.91 Å². The van der Waals surface area contributed by atoms with Crippen LogP contribution in [0, 0.1) is 5.82 Å². The number of nitrogens with zero attached hydrogens (tertiary/aromatic N) is 2. The van der Waals surface area contributed by atoms with Crippen molar-refractivity contribution < 1.29 is 23.1 Å². The number of nitrogens with one attached hydrogen (secondary N) is 1. The number of carbonyl (C=O) groups excluding carboxylic acids is 1. The first kappa shape index (κ1) is 18.7. The second kappa shape index (κ2) is 7.76. The molecule has 0 spiro atoms. The molecule has 1 atom stereocenters. The van der Waals surface area contributed by atoms with E-state index in [4.69, 9.17) is 8.83 Å². The lowest BCUT2D eigenvalue weighted by atomic mass is 10.1. The molecule has 1 unspecified atom stereocenters. The van der Waals surface area contributed by atoms with E-state index in [1.807, 2.05) is 0 Å². The Morgan fingerprint density at radius 2 is 2.00 bits per heavy atom. The smallest absolute Gasteiger partial charge is 0.269 e. The lowest BCUT2D eigenvalue weighted by Gasteiger charge is -2.09. The molecule has 8 heteroatoms. The van der Waals surface area contributed by atoms with Gasteiger partial charge in [0.1, 0.15) is 23.4 Å². The summed E-state index contributed by atoms with van der Waals surface area (Å²) in [6, 6.07) is 14.3. The highest BCUT2D eigenvalue weighted by molar-refractivity contribution is 5.93. The van der Waals surface area contributed by atoms with Gasteiger partial charge in [-0.3, -0.25) is 9.48 Å². The Morgan fingerprint density at radius 1 is 1.21 bits per heavy atom. The standard InChI is InChI=1S/C21H18FN3O4/c1-25-16(11-15(24-25)13-4-6-14(22)7-5-13)21(27)23-12-17(26)18-8-9-20(29-18)19-3-2-10-28-19/h2-11,17,26H,12H2,1H3,(H,23,27). The normalized spacial score (nSPS) is 12.1. The van der Waals surface area contributed by atoms with Crippen LogP contribution in [0.1, 0.15) is 22.4 Å². The van der Waals surface area contributed by atoms with Crippen molar-refractivity contribution in [3.63, 3.8) is 0 Å². The maximum Gasteiger partial charge on any atom is 0.269 e. The molecule has 148 valence electrons. The molecule has 1 amide bonds. The zero-order valence-corrected chi connectivity index (χ0v) is 15.5. The molecule has 0 saturated carbocycles. The molecule has 2 N–H and O–H groups in total. The number of hydrogen-bond donors (Lipinski definition) is 2. The number of aryl methyl sites for hydroxylation is 1. The van der Waals surface area contributed by atoms with Crippen LogP contribution in [0.3, 0.4) is 0 Å². The Bertz CT molecular complexity index is 1110. The summed E-state index contributed by atoms with van der Waals surface area (Å²) in [5.41, 5.74) is 1.56. The van der Waals surface area contributed by atoms with E-state index in [1.165, 1.54) is 23.1 Å². The fourth-order valence-electron chi connectivity index (χ4n) is 2.91. The molecule has 0 saturated heterocycles. The van der Waals surface area contributed by atoms with Crippen molar-refractivity contribution in [2.24, 2.45) is 7.05 Å². The van der Waals surface area contributed by atoms with Crippen molar-refractivity contribution in [2.45, 2.75) is 6.10 Å². The Labute approximate surface area is 165 Å². The third-order valence-corrected chi connectivity index (χ3v) is 4.43. The Balaban J connectivity index is 1.41. The van der Waals surface area contributed by atoms with E-state index in [0.717, 1.165) is 0 Å².